The van der Waals surface area contributed by atoms with Crippen molar-refractivity contribution in [2.75, 3.05) is 53.2 Å². The average molecular weight is 435 g/mol. The first-order valence-corrected chi connectivity index (χ1v) is 11.4. The SMILES string of the molecule is COc1cccc([C@@H](CNS(=O)(=O)c2ccc3c(c2)OCCO3)N2CCOCC2)c1. The summed E-state index contributed by atoms with van der Waals surface area (Å²) in [5.41, 5.74) is 0.987. The van der Waals surface area contributed by atoms with Crippen molar-refractivity contribution < 1.29 is 27.4 Å². The van der Waals surface area contributed by atoms with Gasteiger partial charge in [-0.2, -0.15) is 0 Å². The number of nitrogens with one attached hydrogen (secondary N) is 1. The molecule has 0 radical (unpaired) electrons. The maximum Gasteiger partial charge on any atom is 0.240 e. The third-order valence-corrected chi connectivity index (χ3v) is 6.68. The van der Waals surface area contributed by atoms with Crippen molar-refractivity contribution in [3.8, 4) is 17.2 Å². The van der Waals surface area contributed by atoms with Gasteiger partial charge in [0.1, 0.15) is 19.0 Å². The van der Waals surface area contributed by atoms with Crippen molar-refractivity contribution in [3.63, 3.8) is 0 Å². The number of rotatable bonds is 7. The van der Waals surface area contributed by atoms with Crippen LogP contribution < -0.4 is 18.9 Å². The van der Waals surface area contributed by atoms with E-state index in [-0.39, 0.29) is 17.5 Å². The third kappa shape index (κ3) is 4.70. The third-order valence-electron chi connectivity index (χ3n) is 5.26. The Bertz CT molecular complexity index is 975. The van der Waals surface area contributed by atoms with E-state index in [4.69, 9.17) is 18.9 Å². The van der Waals surface area contributed by atoms with Crippen molar-refractivity contribution in [2.24, 2.45) is 0 Å². The Morgan fingerprint density at radius 1 is 1.03 bits per heavy atom. The van der Waals surface area contributed by atoms with E-state index in [1.807, 2.05) is 24.3 Å². The van der Waals surface area contributed by atoms with E-state index < -0.39 is 10.0 Å². The molecule has 162 valence electrons. The van der Waals surface area contributed by atoms with Crippen LogP contribution in [0.2, 0.25) is 0 Å². The Kier molecular flexibility index (Phi) is 6.43. The predicted octanol–water partition coefficient (Wildman–Crippen LogP) is 1.82. The molecule has 4 rings (SSSR count). The molecule has 2 heterocycles. The topological polar surface area (TPSA) is 86.3 Å². The molecule has 8 nitrogen and oxygen atoms in total. The van der Waals surface area contributed by atoms with E-state index >= 15 is 0 Å². The molecule has 0 amide bonds. The van der Waals surface area contributed by atoms with Crippen molar-refractivity contribution in [2.45, 2.75) is 10.9 Å². The second-order valence-corrected chi connectivity index (χ2v) is 8.87. The lowest BCUT2D eigenvalue weighted by atomic mass is 10.0. The molecule has 0 aliphatic carbocycles. The van der Waals surface area contributed by atoms with Crippen molar-refractivity contribution >= 4 is 10.0 Å². The molecule has 2 aliphatic rings. The van der Waals surface area contributed by atoms with Crippen LogP contribution in [-0.4, -0.2) is 66.5 Å². The zero-order chi connectivity index (χ0) is 21.0. The van der Waals surface area contributed by atoms with Crippen LogP contribution in [0.25, 0.3) is 0 Å². The normalized spacial score (nSPS) is 18.0. The lowest BCUT2D eigenvalue weighted by Crippen LogP contribution is -2.43. The van der Waals surface area contributed by atoms with Gasteiger partial charge >= 0.3 is 0 Å². The zero-order valence-corrected chi connectivity index (χ0v) is 17.7. The second-order valence-electron chi connectivity index (χ2n) is 7.10. The highest BCUT2D eigenvalue weighted by Crippen LogP contribution is 2.32. The predicted molar refractivity (Wildman–Crippen MR) is 111 cm³/mol. The lowest BCUT2D eigenvalue weighted by molar-refractivity contribution is 0.0171. The fourth-order valence-electron chi connectivity index (χ4n) is 3.66. The van der Waals surface area contributed by atoms with Gasteiger partial charge in [0, 0.05) is 31.7 Å². The Hall–Kier alpha value is -2.33. The molecular weight excluding hydrogens is 408 g/mol. The number of morpholine rings is 1. The highest BCUT2D eigenvalue weighted by Gasteiger charge is 2.26. The average Bonchev–Trinajstić information content (AvgIpc) is 2.79. The molecule has 2 aromatic carbocycles. The smallest absolute Gasteiger partial charge is 0.240 e. The number of ether oxygens (including phenoxy) is 4. The maximum absolute atomic E-state index is 13.0. The summed E-state index contributed by atoms with van der Waals surface area (Å²) in [6.07, 6.45) is 0. The van der Waals surface area contributed by atoms with Gasteiger partial charge in [0.25, 0.3) is 0 Å². The summed E-state index contributed by atoms with van der Waals surface area (Å²) in [5, 5.41) is 0. The van der Waals surface area contributed by atoms with E-state index in [0.717, 1.165) is 24.4 Å². The summed E-state index contributed by atoms with van der Waals surface area (Å²) in [6, 6.07) is 12.2. The van der Waals surface area contributed by atoms with Gasteiger partial charge in [-0.25, -0.2) is 13.1 Å². The summed E-state index contributed by atoms with van der Waals surface area (Å²) >= 11 is 0. The number of hydrogen-bond donors (Lipinski definition) is 1. The van der Waals surface area contributed by atoms with Gasteiger partial charge in [-0.1, -0.05) is 12.1 Å². The highest BCUT2D eigenvalue weighted by molar-refractivity contribution is 7.89. The van der Waals surface area contributed by atoms with Gasteiger partial charge in [-0.3, -0.25) is 4.90 Å². The maximum atomic E-state index is 13.0. The molecule has 0 bridgehead atoms. The van der Waals surface area contributed by atoms with Gasteiger partial charge in [0.15, 0.2) is 11.5 Å². The standard InChI is InChI=1S/C21H26N2O6S/c1-26-17-4-2-3-16(13-17)19(23-7-9-27-10-8-23)15-22-30(24,25)18-5-6-20-21(14-18)29-12-11-28-20/h2-6,13-14,19,22H,7-12,15H2,1H3/t19-/m1/s1. The molecule has 0 spiro atoms. The van der Waals surface area contributed by atoms with E-state index in [1.54, 1.807) is 13.2 Å². The summed E-state index contributed by atoms with van der Waals surface area (Å²) in [5.74, 6) is 1.74. The Morgan fingerprint density at radius 3 is 2.57 bits per heavy atom. The molecule has 1 saturated heterocycles. The van der Waals surface area contributed by atoms with E-state index in [0.29, 0.717) is 37.9 Å². The molecule has 0 aromatic heterocycles. The van der Waals surface area contributed by atoms with Crippen LogP contribution in [-0.2, 0) is 14.8 Å². The molecule has 0 unspecified atom stereocenters. The minimum atomic E-state index is -3.73. The van der Waals surface area contributed by atoms with Gasteiger partial charge in [0.2, 0.25) is 10.0 Å². The number of sulfonamides is 1. The molecule has 9 heteroatoms. The van der Waals surface area contributed by atoms with E-state index in [2.05, 4.69) is 9.62 Å². The van der Waals surface area contributed by atoms with E-state index in [1.165, 1.54) is 12.1 Å². The first kappa shape index (κ1) is 20.9. The second kappa shape index (κ2) is 9.22. The van der Waals surface area contributed by atoms with Gasteiger partial charge in [0.05, 0.1) is 25.2 Å². The largest absolute Gasteiger partial charge is 0.497 e. The molecule has 1 fully saturated rings. The van der Waals surface area contributed by atoms with E-state index in [9.17, 15) is 8.42 Å². The molecule has 0 saturated carbocycles. The van der Waals surface area contributed by atoms with Crippen LogP contribution in [0.15, 0.2) is 47.4 Å². The Morgan fingerprint density at radius 2 is 1.80 bits per heavy atom. The van der Waals surface area contributed by atoms with Crippen LogP contribution >= 0.6 is 0 Å². The first-order valence-electron chi connectivity index (χ1n) is 9.92. The summed E-state index contributed by atoms with van der Waals surface area (Å²) in [4.78, 5) is 2.38. The summed E-state index contributed by atoms with van der Waals surface area (Å²) < 4.78 is 50.6. The molecule has 2 aromatic rings. The molecule has 1 atom stereocenters. The number of benzene rings is 2. The van der Waals surface area contributed by atoms with Gasteiger partial charge in [-0.15, -0.1) is 0 Å². The van der Waals surface area contributed by atoms with Crippen LogP contribution in [0.3, 0.4) is 0 Å². The van der Waals surface area contributed by atoms with Crippen molar-refractivity contribution in [1.82, 2.24) is 9.62 Å². The van der Waals surface area contributed by atoms with Gasteiger partial charge < -0.3 is 18.9 Å². The molecule has 30 heavy (non-hydrogen) atoms. The van der Waals surface area contributed by atoms with Crippen molar-refractivity contribution in [3.05, 3.63) is 48.0 Å². The number of fused-ring (bicyclic) bond motifs is 1. The van der Waals surface area contributed by atoms with Crippen LogP contribution in [0, 0.1) is 0 Å². The Labute approximate surface area is 176 Å². The minimum absolute atomic E-state index is 0.143. The number of methoxy groups -OCH3 is 1. The molecule has 1 N–H and O–H groups in total. The molecular formula is C21H26N2O6S. The van der Waals surface area contributed by atoms with Crippen molar-refractivity contribution in [1.29, 1.82) is 0 Å². The monoisotopic (exact) mass is 434 g/mol. The zero-order valence-electron chi connectivity index (χ0n) is 16.9. The summed E-state index contributed by atoms with van der Waals surface area (Å²) in [7, 11) is -2.11. The highest BCUT2D eigenvalue weighted by atomic mass is 32.2. The fraction of sp³-hybridized carbons (Fsp3) is 0.429. The molecule has 2 aliphatic heterocycles. The van der Waals surface area contributed by atoms with Crippen LogP contribution in [0.1, 0.15) is 11.6 Å². The van der Waals surface area contributed by atoms with Crippen LogP contribution in [0.5, 0.6) is 17.2 Å². The quantitative estimate of drug-likeness (QED) is 0.711. The van der Waals surface area contributed by atoms with Crippen LogP contribution in [0.4, 0.5) is 0 Å². The fourth-order valence-corrected chi connectivity index (χ4v) is 4.71. The van der Waals surface area contributed by atoms with Gasteiger partial charge in [-0.05, 0) is 29.8 Å². The number of hydrogen-bond acceptors (Lipinski definition) is 7. The first-order chi connectivity index (χ1) is 14.6. The summed E-state index contributed by atoms with van der Waals surface area (Å²) in [6.45, 7) is 3.79. The lowest BCUT2D eigenvalue weighted by Gasteiger charge is -2.35. The minimum Gasteiger partial charge on any atom is -0.497 e. The number of nitrogens with zero attached hydrogens (tertiary/aromatic N) is 1. The Balaban J connectivity index is 1.55.